The fourth-order valence-corrected chi connectivity index (χ4v) is 7.91. The molecule has 1 spiro atoms. The summed E-state index contributed by atoms with van der Waals surface area (Å²) in [5, 5.41) is 6.90. The van der Waals surface area contributed by atoms with Crippen LogP contribution in [0.2, 0.25) is 5.02 Å². The smallest absolute Gasteiger partial charge is 0.240 e. The van der Waals surface area contributed by atoms with E-state index in [2.05, 4.69) is 18.9 Å². The van der Waals surface area contributed by atoms with Crippen LogP contribution in [0, 0.1) is 23.7 Å². The highest BCUT2D eigenvalue weighted by Gasteiger charge is 2.69. The number of fused-ring (bicyclic) bond motifs is 2. The number of nitrogens with zero attached hydrogens (tertiary/aromatic N) is 2. The molecule has 0 N–H and O–H groups in total. The molecule has 0 radical (unpaired) electrons. The normalized spacial score (nSPS) is 39.6. The molecule has 2 aromatic carbocycles. The van der Waals surface area contributed by atoms with Gasteiger partial charge in [-0.3, -0.25) is 4.79 Å². The van der Waals surface area contributed by atoms with Gasteiger partial charge in [0.25, 0.3) is 0 Å². The maximum atomic E-state index is 12.4. The van der Waals surface area contributed by atoms with Gasteiger partial charge >= 0.3 is 0 Å². The highest BCUT2D eigenvalue weighted by atomic mass is 35.5. The van der Waals surface area contributed by atoms with Crippen LogP contribution in [0.15, 0.2) is 53.6 Å². The summed E-state index contributed by atoms with van der Waals surface area (Å²) < 4.78 is 19.5. The Balaban J connectivity index is 1.09. The molecular formula is C32H37ClN2O6. The molecule has 0 aromatic heterocycles. The van der Waals surface area contributed by atoms with Crippen molar-refractivity contribution in [2.75, 3.05) is 0 Å². The molecule has 8 nitrogen and oxygen atoms in total. The van der Waals surface area contributed by atoms with E-state index in [1.54, 1.807) is 5.01 Å². The van der Waals surface area contributed by atoms with Crippen LogP contribution in [0.1, 0.15) is 77.0 Å². The Morgan fingerprint density at radius 3 is 2.51 bits per heavy atom. The minimum atomic E-state index is -0.816. The number of hydrogen-bond donors (Lipinski definition) is 0. The van der Waals surface area contributed by atoms with E-state index in [-0.39, 0.29) is 23.8 Å². The highest BCUT2D eigenvalue weighted by Crippen LogP contribution is 2.60. The Bertz CT molecular complexity index is 1350. The highest BCUT2D eigenvalue weighted by molar-refractivity contribution is 6.30. The molecule has 9 heteroatoms. The van der Waals surface area contributed by atoms with Gasteiger partial charge in [-0.25, -0.2) is 14.8 Å². The molecule has 5 aliphatic heterocycles. The van der Waals surface area contributed by atoms with Crippen LogP contribution in [0.4, 0.5) is 0 Å². The number of carbonyl (C=O) groups is 1. The van der Waals surface area contributed by atoms with Crippen molar-refractivity contribution in [2.45, 2.75) is 89.8 Å². The molecule has 2 bridgehead atoms. The van der Waals surface area contributed by atoms with E-state index >= 15 is 0 Å². The van der Waals surface area contributed by atoms with Crippen molar-refractivity contribution in [3.8, 4) is 5.75 Å². The standard InChI is InChI=1S/C32H37ClN2O6/c1-18-5-14-26-19(2)29(38-30-32(26)25(18)15-16-31(4,39-30)40-41-32)37-24-12-8-21(9-13-24)27-17-28(35(34-27)20(3)36)22-6-10-23(33)11-7-22/h6-13,18-19,25-26,28-30H,5,14-17H2,1-4H3/t18-,19-,25+,26+,28?,29+,30-,31-,32-/m1/s1. The molecule has 5 fully saturated rings. The van der Waals surface area contributed by atoms with Gasteiger partial charge in [0.2, 0.25) is 18.0 Å². The molecule has 4 saturated heterocycles. The van der Waals surface area contributed by atoms with Crippen molar-refractivity contribution < 1.29 is 28.8 Å². The van der Waals surface area contributed by atoms with E-state index in [0.29, 0.717) is 29.0 Å². The number of benzene rings is 2. The van der Waals surface area contributed by atoms with Crippen LogP contribution in [-0.4, -0.2) is 40.6 Å². The minimum absolute atomic E-state index is 0.0825. The van der Waals surface area contributed by atoms with Crippen molar-refractivity contribution in [1.29, 1.82) is 0 Å². The van der Waals surface area contributed by atoms with Gasteiger partial charge in [-0.15, -0.1) is 0 Å². The lowest BCUT2D eigenvalue weighted by atomic mass is 9.58. The molecule has 1 aliphatic carbocycles. The van der Waals surface area contributed by atoms with Gasteiger partial charge in [0, 0.05) is 36.6 Å². The molecule has 1 saturated carbocycles. The van der Waals surface area contributed by atoms with E-state index in [1.165, 1.54) is 6.92 Å². The predicted molar refractivity (Wildman–Crippen MR) is 152 cm³/mol. The van der Waals surface area contributed by atoms with Crippen molar-refractivity contribution in [1.82, 2.24) is 5.01 Å². The monoisotopic (exact) mass is 580 g/mol. The average molecular weight is 581 g/mol. The fourth-order valence-electron chi connectivity index (χ4n) is 7.79. The van der Waals surface area contributed by atoms with Crippen LogP contribution < -0.4 is 4.74 Å². The molecule has 41 heavy (non-hydrogen) atoms. The number of hydrazone groups is 1. The zero-order valence-corrected chi connectivity index (χ0v) is 24.7. The Kier molecular flexibility index (Phi) is 6.71. The minimum Gasteiger partial charge on any atom is -0.465 e. The summed E-state index contributed by atoms with van der Waals surface area (Å²) in [5.74, 6) is 0.905. The summed E-state index contributed by atoms with van der Waals surface area (Å²) in [6, 6.07) is 15.3. The van der Waals surface area contributed by atoms with Gasteiger partial charge in [0.05, 0.1) is 11.8 Å². The first-order valence-corrected chi connectivity index (χ1v) is 15.1. The predicted octanol–water partition coefficient (Wildman–Crippen LogP) is 6.62. The topological polar surface area (TPSA) is 78.8 Å². The van der Waals surface area contributed by atoms with Crippen molar-refractivity contribution in [3.63, 3.8) is 0 Å². The Morgan fingerprint density at radius 2 is 1.78 bits per heavy atom. The summed E-state index contributed by atoms with van der Waals surface area (Å²) in [4.78, 5) is 24.6. The molecule has 8 rings (SSSR count). The van der Waals surface area contributed by atoms with Crippen molar-refractivity contribution in [2.24, 2.45) is 28.8 Å². The number of amides is 1. The number of carbonyl (C=O) groups excluding carboxylic acids is 1. The largest absolute Gasteiger partial charge is 0.465 e. The van der Waals surface area contributed by atoms with Gasteiger partial charge in [-0.05, 0) is 85.5 Å². The number of hydrogen-bond acceptors (Lipinski definition) is 7. The zero-order valence-electron chi connectivity index (χ0n) is 23.9. The Morgan fingerprint density at radius 1 is 1.02 bits per heavy atom. The van der Waals surface area contributed by atoms with Crippen molar-refractivity contribution >= 4 is 23.2 Å². The summed E-state index contributed by atoms with van der Waals surface area (Å²) in [6.45, 7) is 7.97. The summed E-state index contributed by atoms with van der Waals surface area (Å²) >= 11 is 6.08. The maximum Gasteiger partial charge on any atom is 0.240 e. The average Bonchev–Trinajstić information content (AvgIpc) is 3.28. The van der Waals surface area contributed by atoms with E-state index in [9.17, 15) is 4.79 Å². The Labute approximate surface area is 245 Å². The summed E-state index contributed by atoms with van der Waals surface area (Å²) in [6.07, 6.45) is 3.53. The third kappa shape index (κ3) is 4.50. The first kappa shape index (κ1) is 27.3. The van der Waals surface area contributed by atoms with Gasteiger partial charge < -0.3 is 14.2 Å². The molecule has 5 heterocycles. The van der Waals surface area contributed by atoms with E-state index in [0.717, 1.165) is 42.5 Å². The summed E-state index contributed by atoms with van der Waals surface area (Å²) in [5.41, 5.74) is 2.19. The van der Waals surface area contributed by atoms with E-state index < -0.39 is 24.0 Å². The third-order valence-electron chi connectivity index (χ3n) is 10.0. The van der Waals surface area contributed by atoms with E-state index in [4.69, 9.17) is 35.6 Å². The molecule has 1 unspecified atom stereocenters. The molecule has 9 atom stereocenters. The first-order valence-electron chi connectivity index (χ1n) is 14.8. The maximum absolute atomic E-state index is 12.4. The number of ether oxygens (including phenoxy) is 3. The van der Waals surface area contributed by atoms with Gasteiger partial charge in [-0.1, -0.05) is 37.6 Å². The quantitative estimate of drug-likeness (QED) is 0.378. The first-order chi connectivity index (χ1) is 19.7. The van der Waals surface area contributed by atoms with Crippen LogP contribution in [-0.2, 0) is 24.0 Å². The second-order valence-corrected chi connectivity index (χ2v) is 13.0. The SMILES string of the molecule is CC(=O)N1N=C(c2ccc(O[C@H]3O[C@@H]4O[C@@]5(C)CC[C@H]6[C@H](C)CC[C@@H]([C@H]3C)[C@@]46OO5)cc2)CC1c1ccc(Cl)cc1. The van der Waals surface area contributed by atoms with E-state index in [1.807, 2.05) is 55.5 Å². The van der Waals surface area contributed by atoms with Crippen LogP contribution in [0.25, 0.3) is 0 Å². The lowest BCUT2D eigenvalue weighted by Gasteiger charge is -2.60. The lowest BCUT2D eigenvalue weighted by Crippen LogP contribution is -2.70. The number of rotatable bonds is 4. The second-order valence-electron chi connectivity index (χ2n) is 12.6. The van der Waals surface area contributed by atoms with Crippen molar-refractivity contribution in [3.05, 3.63) is 64.7 Å². The third-order valence-corrected chi connectivity index (χ3v) is 10.3. The van der Waals surface area contributed by atoms with Gasteiger partial charge in [0.15, 0.2) is 11.9 Å². The molecular weight excluding hydrogens is 544 g/mol. The molecule has 218 valence electrons. The Hall–Kier alpha value is -2.49. The molecule has 6 aliphatic rings. The zero-order chi connectivity index (χ0) is 28.5. The van der Waals surface area contributed by atoms with Crippen LogP contribution in [0.5, 0.6) is 5.75 Å². The fraction of sp³-hybridized carbons (Fsp3) is 0.562. The second kappa shape index (κ2) is 10.1. The molecule has 2 aromatic rings. The molecule has 1 amide bonds. The van der Waals surface area contributed by atoms with Gasteiger partial charge in [0.1, 0.15) is 5.75 Å². The van der Waals surface area contributed by atoms with Crippen LogP contribution in [0.3, 0.4) is 0 Å². The summed E-state index contributed by atoms with van der Waals surface area (Å²) in [7, 11) is 0. The van der Waals surface area contributed by atoms with Crippen LogP contribution >= 0.6 is 11.6 Å². The van der Waals surface area contributed by atoms with Gasteiger partial charge in [-0.2, -0.15) is 5.10 Å². The number of halogens is 1. The lowest BCUT2D eigenvalue weighted by molar-refractivity contribution is -0.575.